The standard InChI is InChI=1S/C11H15N5O2/c1-16-5-4-7(15-16)9(12)10-11(18-3)14-8(17-2)6-13-10/h4-6,9H,12H2,1-3H3. The van der Waals surface area contributed by atoms with Gasteiger partial charge < -0.3 is 15.2 Å². The molecule has 2 aromatic rings. The molecule has 2 heterocycles. The molecule has 1 unspecified atom stereocenters. The second-order valence-electron chi connectivity index (χ2n) is 3.70. The van der Waals surface area contributed by atoms with Gasteiger partial charge in [0.25, 0.3) is 0 Å². The van der Waals surface area contributed by atoms with Crippen LogP contribution in [0.5, 0.6) is 11.8 Å². The van der Waals surface area contributed by atoms with E-state index in [2.05, 4.69) is 15.1 Å². The highest BCUT2D eigenvalue weighted by molar-refractivity contribution is 5.30. The van der Waals surface area contributed by atoms with Crippen LogP contribution in [0.2, 0.25) is 0 Å². The highest BCUT2D eigenvalue weighted by atomic mass is 16.5. The van der Waals surface area contributed by atoms with E-state index >= 15 is 0 Å². The summed E-state index contributed by atoms with van der Waals surface area (Å²) in [6.07, 6.45) is 3.32. The first-order valence-corrected chi connectivity index (χ1v) is 5.35. The zero-order valence-electron chi connectivity index (χ0n) is 10.5. The molecule has 1 atom stereocenters. The smallest absolute Gasteiger partial charge is 0.240 e. The number of hydrogen-bond donors (Lipinski definition) is 1. The molecule has 0 bridgehead atoms. The third-order valence-corrected chi connectivity index (χ3v) is 2.49. The van der Waals surface area contributed by atoms with Crippen LogP contribution in [-0.2, 0) is 7.05 Å². The van der Waals surface area contributed by atoms with Crippen molar-refractivity contribution in [2.45, 2.75) is 6.04 Å². The number of rotatable bonds is 4. The van der Waals surface area contributed by atoms with Crippen LogP contribution in [0.1, 0.15) is 17.4 Å². The minimum atomic E-state index is -0.487. The predicted octanol–water partition coefficient (Wildman–Crippen LogP) is 0.275. The van der Waals surface area contributed by atoms with Gasteiger partial charge in [0.2, 0.25) is 11.8 Å². The van der Waals surface area contributed by atoms with Gasteiger partial charge in [0.15, 0.2) is 0 Å². The first-order valence-electron chi connectivity index (χ1n) is 5.35. The Morgan fingerprint density at radius 1 is 1.33 bits per heavy atom. The third-order valence-electron chi connectivity index (χ3n) is 2.49. The van der Waals surface area contributed by atoms with Crippen LogP contribution in [0.15, 0.2) is 18.5 Å². The molecule has 0 fully saturated rings. The van der Waals surface area contributed by atoms with Crippen LogP contribution in [0.4, 0.5) is 0 Å². The maximum Gasteiger partial charge on any atom is 0.240 e. The van der Waals surface area contributed by atoms with Crippen molar-refractivity contribution in [1.29, 1.82) is 0 Å². The average Bonchev–Trinajstić information content (AvgIpc) is 2.83. The molecule has 0 saturated carbocycles. The van der Waals surface area contributed by atoms with Crippen molar-refractivity contribution in [1.82, 2.24) is 19.7 Å². The summed E-state index contributed by atoms with van der Waals surface area (Å²) in [6, 6.07) is 1.34. The molecule has 7 nitrogen and oxygen atoms in total. The third kappa shape index (κ3) is 2.25. The van der Waals surface area contributed by atoms with Gasteiger partial charge in [-0.25, -0.2) is 4.98 Å². The number of aryl methyl sites for hydroxylation is 1. The molecule has 18 heavy (non-hydrogen) atoms. The van der Waals surface area contributed by atoms with Gasteiger partial charge in [-0.2, -0.15) is 10.1 Å². The molecule has 2 aromatic heterocycles. The number of hydrogen-bond acceptors (Lipinski definition) is 6. The minimum Gasteiger partial charge on any atom is -0.480 e. The highest BCUT2D eigenvalue weighted by Gasteiger charge is 2.19. The number of aromatic nitrogens is 4. The van der Waals surface area contributed by atoms with E-state index < -0.39 is 6.04 Å². The lowest BCUT2D eigenvalue weighted by Crippen LogP contribution is -2.16. The summed E-state index contributed by atoms with van der Waals surface area (Å²) in [5.74, 6) is 0.719. The lowest BCUT2D eigenvalue weighted by molar-refractivity contribution is 0.355. The fourth-order valence-electron chi connectivity index (χ4n) is 1.57. The monoisotopic (exact) mass is 249 g/mol. The Hall–Kier alpha value is -2.15. The fourth-order valence-corrected chi connectivity index (χ4v) is 1.57. The van der Waals surface area contributed by atoms with E-state index in [1.165, 1.54) is 20.4 Å². The van der Waals surface area contributed by atoms with Gasteiger partial charge in [0.05, 0.1) is 32.2 Å². The Labute approximate surface area is 105 Å². The Bertz CT molecular complexity index is 540. The molecule has 0 saturated heterocycles. The lowest BCUT2D eigenvalue weighted by Gasteiger charge is -2.12. The maximum absolute atomic E-state index is 6.10. The second kappa shape index (κ2) is 5.01. The molecule has 0 aliphatic carbocycles. The van der Waals surface area contributed by atoms with Crippen LogP contribution in [0.3, 0.4) is 0 Å². The first-order chi connectivity index (χ1) is 8.65. The van der Waals surface area contributed by atoms with Crippen LogP contribution < -0.4 is 15.2 Å². The molecular weight excluding hydrogens is 234 g/mol. The molecule has 0 aliphatic heterocycles. The van der Waals surface area contributed by atoms with Gasteiger partial charge in [-0.05, 0) is 6.07 Å². The molecule has 0 amide bonds. The summed E-state index contributed by atoms with van der Waals surface area (Å²) in [7, 11) is 4.85. The summed E-state index contributed by atoms with van der Waals surface area (Å²) < 4.78 is 11.8. The Morgan fingerprint density at radius 2 is 2.11 bits per heavy atom. The van der Waals surface area contributed by atoms with Crippen molar-refractivity contribution in [2.75, 3.05) is 14.2 Å². The maximum atomic E-state index is 6.10. The van der Waals surface area contributed by atoms with Gasteiger partial charge in [0, 0.05) is 13.2 Å². The second-order valence-corrected chi connectivity index (χ2v) is 3.70. The number of ether oxygens (including phenoxy) is 2. The summed E-state index contributed by atoms with van der Waals surface area (Å²) in [4.78, 5) is 8.36. The van der Waals surface area contributed by atoms with Gasteiger partial charge >= 0.3 is 0 Å². The molecular formula is C11H15N5O2. The Balaban J connectivity index is 2.38. The highest BCUT2D eigenvalue weighted by Crippen LogP contribution is 2.25. The predicted molar refractivity (Wildman–Crippen MR) is 64.4 cm³/mol. The van der Waals surface area contributed by atoms with Crippen molar-refractivity contribution in [3.63, 3.8) is 0 Å². The van der Waals surface area contributed by atoms with Gasteiger partial charge in [-0.3, -0.25) is 4.68 Å². The molecule has 0 aliphatic rings. The topological polar surface area (TPSA) is 88.1 Å². The fraction of sp³-hybridized carbons (Fsp3) is 0.364. The SMILES string of the molecule is COc1cnc(C(N)c2ccn(C)n2)c(OC)n1. The average molecular weight is 249 g/mol. The van der Waals surface area contributed by atoms with E-state index in [0.29, 0.717) is 23.1 Å². The molecule has 2 N–H and O–H groups in total. The normalized spacial score (nSPS) is 12.2. The van der Waals surface area contributed by atoms with E-state index in [-0.39, 0.29) is 0 Å². The van der Waals surface area contributed by atoms with Crippen LogP contribution in [0, 0.1) is 0 Å². The first kappa shape index (κ1) is 12.3. The van der Waals surface area contributed by atoms with Gasteiger partial charge in [0.1, 0.15) is 5.69 Å². The van der Waals surface area contributed by atoms with E-state index in [9.17, 15) is 0 Å². The lowest BCUT2D eigenvalue weighted by atomic mass is 10.1. The summed E-state index contributed by atoms with van der Waals surface area (Å²) in [5.41, 5.74) is 7.33. The van der Waals surface area contributed by atoms with E-state index in [1.807, 2.05) is 19.3 Å². The molecule has 7 heteroatoms. The van der Waals surface area contributed by atoms with Crippen molar-refractivity contribution in [3.05, 3.63) is 29.8 Å². The number of methoxy groups -OCH3 is 2. The van der Waals surface area contributed by atoms with Crippen molar-refractivity contribution in [2.24, 2.45) is 12.8 Å². The van der Waals surface area contributed by atoms with Gasteiger partial charge in [-0.15, -0.1) is 0 Å². The van der Waals surface area contributed by atoms with Crippen LogP contribution in [0.25, 0.3) is 0 Å². The van der Waals surface area contributed by atoms with Crippen LogP contribution >= 0.6 is 0 Å². The van der Waals surface area contributed by atoms with Crippen molar-refractivity contribution >= 4 is 0 Å². The minimum absolute atomic E-state index is 0.340. The van der Waals surface area contributed by atoms with Crippen molar-refractivity contribution in [3.8, 4) is 11.8 Å². The largest absolute Gasteiger partial charge is 0.480 e. The van der Waals surface area contributed by atoms with Gasteiger partial charge in [-0.1, -0.05) is 0 Å². The molecule has 2 rings (SSSR count). The zero-order chi connectivity index (χ0) is 13.1. The number of nitrogens with zero attached hydrogens (tertiary/aromatic N) is 4. The van der Waals surface area contributed by atoms with E-state index in [4.69, 9.17) is 15.2 Å². The summed E-state index contributed by atoms with van der Waals surface area (Å²) in [6.45, 7) is 0. The summed E-state index contributed by atoms with van der Waals surface area (Å²) in [5, 5.41) is 4.24. The van der Waals surface area contributed by atoms with Crippen molar-refractivity contribution < 1.29 is 9.47 Å². The zero-order valence-corrected chi connectivity index (χ0v) is 10.5. The van der Waals surface area contributed by atoms with E-state index in [0.717, 1.165) is 0 Å². The quantitative estimate of drug-likeness (QED) is 0.837. The number of nitrogens with two attached hydrogens (primary N) is 1. The Kier molecular flexibility index (Phi) is 3.42. The summed E-state index contributed by atoms with van der Waals surface area (Å²) >= 11 is 0. The van der Waals surface area contributed by atoms with Crippen LogP contribution in [-0.4, -0.2) is 34.0 Å². The molecule has 0 aromatic carbocycles. The molecule has 96 valence electrons. The molecule has 0 spiro atoms. The molecule has 0 radical (unpaired) electrons. The van der Waals surface area contributed by atoms with E-state index in [1.54, 1.807) is 4.68 Å². The Morgan fingerprint density at radius 3 is 2.67 bits per heavy atom.